The summed E-state index contributed by atoms with van der Waals surface area (Å²) >= 11 is 15.9. The van der Waals surface area contributed by atoms with Crippen molar-refractivity contribution >= 4 is 45.0 Å². The monoisotopic (exact) mass is 397 g/mol. The van der Waals surface area contributed by atoms with E-state index in [0.29, 0.717) is 22.2 Å². The van der Waals surface area contributed by atoms with E-state index in [1.165, 1.54) is 11.1 Å². The Bertz CT molecular complexity index is 727. The molecular formula is C17H14BrCl2NO. The summed E-state index contributed by atoms with van der Waals surface area (Å²) in [5.41, 5.74) is 3.06. The summed E-state index contributed by atoms with van der Waals surface area (Å²) in [6.07, 6.45) is 0.217. The van der Waals surface area contributed by atoms with Crippen LogP contribution in [0.25, 0.3) is 0 Å². The van der Waals surface area contributed by atoms with E-state index in [0.717, 1.165) is 4.47 Å². The van der Waals surface area contributed by atoms with Crippen LogP contribution in [0.4, 0.5) is 0 Å². The van der Waals surface area contributed by atoms with Gasteiger partial charge in [-0.25, -0.2) is 0 Å². The molecular weight excluding hydrogens is 385 g/mol. The molecule has 1 amide bonds. The van der Waals surface area contributed by atoms with Gasteiger partial charge in [-0.1, -0.05) is 57.3 Å². The largest absolute Gasteiger partial charge is 0.331 e. The number of nitrogens with zero attached hydrogens (tertiary/aromatic N) is 1. The van der Waals surface area contributed by atoms with Gasteiger partial charge in [-0.2, -0.15) is 0 Å². The molecule has 0 aliphatic carbocycles. The number of benzene rings is 2. The fourth-order valence-electron chi connectivity index (χ4n) is 2.87. The van der Waals surface area contributed by atoms with Crippen molar-refractivity contribution in [1.29, 1.82) is 0 Å². The first-order valence-corrected chi connectivity index (χ1v) is 8.53. The maximum atomic E-state index is 12.7. The van der Waals surface area contributed by atoms with Crippen LogP contribution in [0.2, 0.25) is 10.0 Å². The van der Waals surface area contributed by atoms with E-state index in [1.807, 2.05) is 24.0 Å². The molecule has 2 aromatic carbocycles. The number of amides is 1. The standard InChI is InChI=1S/C17H14BrCl2NO/c1-10-11-4-2-5-14(18)13(11)9-21(10)17(22)8-12-15(19)6-3-7-16(12)20/h2-7,10H,8-9H2,1H3. The molecule has 0 fully saturated rings. The lowest BCUT2D eigenvalue weighted by Gasteiger charge is -2.22. The van der Waals surface area contributed by atoms with E-state index in [1.54, 1.807) is 18.2 Å². The third-order valence-corrected chi connectivity index (χ3v) is 5.56. The van der Waals surface area contributed by atoms with Crippen LogP contribution in [0, 0.1) is 0 Å². The summed E-state index contributed by atoms with van der Waals surface area (Å²) in [5.74, 6) is 0.0330. The van der Waals surface area contributed by atoms with Crippen molar-refractivity contribution in [1.82, 2.24) is 4.90 Å². The number of carbonyl (C=O) groups is 1. The molecule has 1 atom stereocenters. The van der Waals surface area contributed by atoms with Crippen LogP contribution >= 0.6 is 39.1 Å². The Balaban J connectivity index is 1.85. The van der Waals surface area contributed by atoms with Crippen LogP contribution < -0.4 is 0 Å². The second-order valence-electron chi connectivity index (χ2n) is 5.38. The minimum atomic E-state index is 0.0330. The highest BCUT2D eigenvalue weighted by Gasteiger charge is 2.31. The molecule has 0 spiro atoms. The molecule has 3 rings (SSSR count). The quantitative estimate of drug-likeness (QED) is 0.662. The Morgan fingerprint density at radius 2 is 1.86 bits per heavy atom. The van der Waals surface area contributed by atoms with Crippen LogP contribution in [-0.2, 0) is 17.8 Å². The summed E-state index contributed by atoms with van der Waals surface area (Å²) in [6.45, 7) is 2.66. The first kappa shape index (κ1) is 15.9. The van der Waals surface area contributed by atoms with Crippen molar-refractivity contribution in [3.63, 3.8) is 0 Å². The minimum Gasteiger partial charge on any atom is -0.331 e. The Morgan fingerprint density at radius 1 is 1.23 bits per heavy atom. The van der Waals surface area contributed by atoms with Gasteiger partial charge in [0.05, 0.1) is 12.5 Å². The van der Waals surface area contributed by atoms with Crippen LogP contribution in [0.15, 0.2) is 40.9 Å². The molecule has 0 saturated heterocycles. The summed E-state index contributed by atoms with van der Waals surface area (Å²) in [7, 11) is 0. The van der Waals surface area contributed by atoms with Crippen molar-refractivity contribution in [3.8, 4) is 0 Å². The van der Waals surface area contributed by atoms with Gasteiger partial charge in [-0.3, -0.25) is 4.79 Å². The summed E-state index contributed by atoms with van der Waals surface area (Å²) < 4.78 is 1.04. The van der Waals surface area contributed by atoms with Crippen molar-refractivity contribution < 1.29 is 4.79 Å². The molecule has 1 unspecified atom stereocenters. The Labute approximate surface area is 148 Å². The van der Waals surface area contributed by atoms with Crippen LogP contribution in [0.1, 0.15) is 29.7 Å². The molecule has 5 heteroatoms. The van der Waals surface area contributed by atoms with E-state index in [4.69, 9.17) is 23.2 Å². The summed E-state index contributed by atoms with van der Waals surface area (Å²) in [4.78, 5) is 14.6. The Kier molecular flexibility index (Phi) is 4.49. The number of hydrogen-bond acceptors (Lipinski definition) is 1. The Morgan fingerprint density at radius 3 is 2.50 bits per heavy atom. The minimum absolute atomic E-state index is 0.0330. The highest BCUT2D eigenvalue weighted by molar-refractivity contribution is 9.10. The molecule has 114 valence electrons. The van der Waals surface area contributed by atoms with Crippen LogP contribution in [0.3, 0.4) is 0 Å². The highest BCUT2D eigenvalue weighted by Crippen LogP contribution is 2.38. The van der Waals surface area contributed by atoms with Gasteiger partial charge in [-0.05, 0) is 41.8 Å². The van der Waals surface area contributed by atoms with Crippen molar-refractivity contribution in [3.05, 3.63) is 67.6 Å². The van der Waals surface area contributed by atoms with Crippen molar-refractivity contribution in [2.24, 2.45) is 0 Å². The normalized spacial score (nSPS) is 16.7. The van der Waals surface area contributed by atoms with Gasteiger partial charge < -0.3 is 4.90 Å². The van der Waals surface area contributed by atoms with Crippen molar-refractivity contribution in [2.45, 2.75) is 25.9 Å². The zero-order valence-electron chi connectivity index (χ0n) is 11.9. The van der Waals surface area contributed by atoms with E-state index in [2.05, 4.69) is 22.0 Å². The predicted molar refractivity (Wildman–Crippen MR) is 93.3 cm³/mol. The molecule has 0 N–H and O–H groups in total. The second kappa shape index (κ2) is 6.23. The average Bonchev–Trinajstić information content (AvgIpc) is 2.82. The van der Waals surface area contributed by atoms with Crippen molar-refractivity contribution in [2.75, 3.05) is 0 Å². The maximum absolute atomic E-state index is 12.7. The molecule has 0 bridgehead atoms. The highest BCUT2D eigenvalue weighted by atomic mass is 79.9. The number of rotatable bonds is 2. The molecule has 1 aliphatic rings. The van der Waals surface area contributed by atoms with E-state index in [-0.39, 0.29) is 18.4 Å². The van der Waals surface area contributed by atoms with Gasteiger partial charge in [0.1, 0.15) is 0 Å². The molecule has 0 aromatic heterocycles. The Hall–Kier alpha value is -1.03. The van der Waals surface area contributed by atoms with Gasteiger partial charge in [0.2, 0.25) is 5.91 Å². The molecule has 2 nitrogen and oxygen atoms in total. The molecule has 1 aliphatic heterocycles. The molecule has 2 aromatic rings. The lowest BCUT2D eigenvalue weighted by Crippen LogP contribution is -2.29. The SMILES string of the molecule is CC1c2cccc(Br)c2CN1C(=O)Cc1c(Cl)cccc1Cl. The fourth-order valence-corrected chi connectivity index (χ4v) is 3.90. The fraction of sp³-hybridized carbons (Fsp3) is 0.235. The van der Waals surface area contributed by atoms with Gasteiger partial charge >= 0.3 is 0 Å². The van der Waals surface area contributed by atoms with E-state index in [9.17, 15) is 4.79 Å². The van der Waals surface area contributed by atoms with Crippen LogP contribution in [-0.4, -0.2) is 10.8 Å². The zero-order chi connectivity index (χ0) is 15.9. The molecule has 0 saturated carbocycles. The average molecular weight is 399 g/mol. The van der Waals surface area contributed by atoms with Crippen LogP contribution in [0.5, 0.6) is 0 Å². The summed E-state index contributed by atoms with van der Waals surface area (Å²) in [6, 6.07) is 11.4. The van der Waals surface area contributed by atoms with E-state index >= 15 is 0 Å². The summed E-state index contributed by atoms with van der Waals surface area (Å²) in [5, 5.41) is 1.07. The molecule has 1 heterocycles. The number of fused-ring (bicyclic) bond motifs is 1. The number of carbonyl (C=O) groups excluding carboxylic acids is 1. The van der Waals surface area contributed by atoms with Gasteiger partial charge in [-0.15, -0.1) is 0 Å². The number of hydrogen-bond donors (Lipinski definition) is 0. The van der Waals surface area contributed by atoms with E-state index < -0.39 is 0 Å². The zero-order valence-corrected chi connectivity index (χ0v) is 15.0. The van der Waals surface area contributed by atoms with Gasteiger partial charge in [0.25, 0.3) is 0 Å². The first-order valence-electron chi connectivity index (χ1n) is 6.98. The second-order valence-corrected chi connectivity index (χ2v) is 7.05. The third-order valence-electron chi connectivity index (χ3n) is 4.11. The van der Waals surface area contributed by atoms with Gasteiger partial charge in [0.15, 0.2) is 0 Å². The lowest BCUT2D eigenvalue weighted by atomic mass is 10.1. The lowest BCUT2D eigenvalue weighted by molar-refractivity contribution is -0.132. The maximum Gasteiger partial charge on any atom is 0.227 e. The van der Waals surface area contributed by atoms with Gasteiger partial charge in [0, 0.05) is 21.1 Å². The number of halogens is 3. The molecule has 0 radical (unpaired) electrons. The predicted octanol–water partition coefficient (Wildman–Crippen LogP) is 5.40. The molecule has 22 heavy (non-hydrogen) atoms. The first-order chi connectivity index (χ1) is 10.5. The smallest absolute Gasteiger partial charge is 0.227 e. The third kappa shape index (κ3) is 2.78. The topological polar surface area (TPSA) is 20.3 Å².